The molecular formula is C19H24N6O. The van der Waals surface area contributed by atoms with Crippen molar-refractivity contribution < 1.29 is 4.79 Å². The van der Waals surface area contributed by atoms with Crippen molar-refractivity contribution in [3.05, 3.63) is 54.1 Å². The van der Waals surface area contributed by atoms with Crippen LogP contribution in [0.5, 0.6) is 0 Å². The number of pyridine rings is 1. The van der Waals surface area contributed by atoms with Gasteiger partial charge >= 0.3 is 0 Å². The highest BCUT2D eigenvalue weighted by atomic mass is 16.1. The van der Waals surface area contributed by atoms with Crippen LogP contribution in [0.3, 0.4) is 0 Å². The molecule has 0 saturated carbocycles. The van der Waals surface area contributed by atoms with E-state index in [9.17, 15) is 4.79 Å². The maximum absolute atomic E-state index is 12.0. The van der Waals surface area contributed by atoms with Gasteiger partial charge in [-0.2, -0.15) is 10.2 Å². The lowest BCUT2D eigenvalue weighted by Gasteiger charge is -2.33. The lowest BCUT2D eigenvalue weighted by atomic mass is 9.94. The molecule has 136 valence electrons. The Bertz CT molecular complexity index is 912. The van der Waals surface area contributed by atoms with Crippen LogP contribution in [-0.4, -0.2) is 31.3 Å². The van der Waals surface area contributed by atoms with E-state index in [1.165, 1.54) is 0 Å². The molecule has 0 aliphatic carbocycles. The zero-order valence-electron chi connectivity index (χ0n) is 15.1. The second kappa shape index (κ2) is 6.92. The summed E-state index contributed by atoms with van der Waals surface area (Å²) >= 11 is 0. The quantitative estimate of drug-likeness (QED) is 0.738. The number of fused-ring (bicyclic) bond motifs is 1. The fourth-order valence-electron chi connectivity index (χ4n) is 3.67. The highest BCUT2D eigenvalue weighted by Gasteiger charge is 2.32. The van der Waals surface area contributed by atoms with Gasteiger partial charge in [-0.05, 0) is 38.5 Å². The van der Waals surface area contributed by atoms with E-state index in [4.69, 9.17) is 0 Å². The third-order valence-electron chi connectivity index (χ3n) is 4.97. The predicted molar refractivity (Wildman–Crippen MR) is 98.5 cm³/mol. The van der Waals surface area contributed by atoms with Gasteiger partial charge < -0.3 is 10.6 Å². The lowest BCUT2D eigenvalue weighted by molar-refractivity contribution is -0.124. The number of rotatable bonds is 5. The first kappa shape index (κ1) is 16.8. The molecule has 1 saturated heterocycles. The summed E-state index contributed by atoms with van der Waals surface area (Å²) in [6.07, 6.45) is 7.00. The topological polar surface area (TPSA) is 76.2 Å². The molecule has 0 spiro atoms. The van der Waals surface area contributed by atoms with Crippen molar-refractivity contribution in [2.75, 3.05) is 0 Å². The summed E-state index contributed by atoms with van der Waals surface area (Å²) in [6.45, 7) is 4.91. The molecule has 2 atom stereocenters. The molecule has 2 N–H and O–H groups in total. The number of piperidine rings is 1. The van der Waals surface area contributed by atoms with Crippen molar-refractivity contribution >= 4 is 11.4 Å². The van der Waals surface area contributed by atoms with Crippen LogP contribution in [0.4, 0.5) is 0 Å². The fourth-order valence-corrected chi connectivity index (χ4v) is 3.67. The molecule has 1 fully saturated rings. The lowest BCUT2D eigenvalue weighted by Crippen LogP contribution is -2.48. The summed E-state index contributed by atoms with van der Waals surface area (Å²) in [5.74, 6) is 0.0977. The summed E-state index contributed by atoms with van der Waals surface area (Å²) in [6, 6.07) is 8.38. The third kappa shape index (κ3) is 3.10. The molecule has 3 aromatic rings. The molecule has 0 radical (unpaired) electrons. The minimum Gasteiger partial charge on any atom is -0.346 e. The Morgan fingerprint density at radius 2 is 2.19 bits per heavy atom. The molecule has 0 unspecified atom stereocenters. The van der Waals surface area contributed by atoms with Crippen molar-refractivity contribution in [3.63, 3.8) is 0 Å². The van der Waals surface area contributed by atoms with E-state index in [1.54, 1.807) is 6.20 Å². The van der Waals surface area contributed by atoms with Crippen LogP contribution in [0, 0.1) is 0 Å². The number of carbonyl (C=O) groups excluding carboxylic acids is 1. The van der Waals surface area contributed by atoms with Crippen molar-refractivity contribution in [1.82, 2.24) is 30.0 Å². The van der Waals surface area contributed by atoms with Crippen molar-refractivity contribution in [1.29, 1.82) is 0 Å². The minimum atomic E-state index is -0.0806. The zero-order valence-corrected chi connectivity index (χ0v) is 15.1. The largest absolute Gasteiger partial charge is 0.346 e. The highest BCUT2D eigenvalue weighted by Crippen LogP contribution is 2.26. The normalized spacial score (nSPS) is 20.7. The van der Waals surface area contributed by atoms with Crippen molar-refractivity contribution in [3.8, 4) is 0 Å². The Morgan fingerprint density at radius 1 is 1.31 bits per heavy atom. The molecule has 4 heterocycles. The molecule has 1 aliphatic heterocycles. The zero-order chi connectivity index (χ0) is 18.1. The second-order valence-electron chi connectivity index (χ2n) is 7.07. The van der Waals surface area contributed by atoms with Gasteiger partial charge in [0.05, 0.1) is 23.4 Å². The number of aromatic nitrogens is 4. The van der Waals surface area contributed by atoms with Gasteiger partial charge in [-0.25, -0.2) is 4.52 Å². The molecule has 0 aromatic carbocycles. The Morgan fingerprint density at radius 3 is 3.04 bits per heavy atom. The number of amides is 1. The molecule has 7 heteroatoms. The van der Waals surface area contributed by atoms with E-state index in [1.807, 2.05) is 39.8 Å². The van der Waals surface area contributed by atoms with E-state index in [2.05, 4.69) is 40.7 Å². The standard InChI is InChI=1S/C19H24N6O/c1-13(2)25-17(8-9-21-25)19-15(6-7-18(26)23-19)20-11-14-12-22-24-10-4-3-5-16(14)24/h3-5,8-10,12-13,15,19-20H,6-7,11H2,1-2H3,(H,23,26)/t15-,19-/m1/s1. The predicted octanol–water partition coefficient (Wildman–Crippen LogP) is 2.22. The summed E-state index contributed by atoms with van der Waals surface area (Å²) in [4.78, 5) is 12.0. The SMILES string of the molecule is CC(C)n1nccc1[C@@H]1NC(=O)CC[C@H]1NCc1cnn2ccccc12. The average molecular weight is 352 g/mol. The summed E-state index contributed by atoms with van der Waals surface area (Å²) in [7, 11) is 0. The minimum absolute atomic E-state index is 0.0806. The van der Waals surface area contributed by atoms with Gasteiger partial charge in [0.2, 0.25) is 5.91 Å². The Balaban J connectivity index is 1.55. The number of nitrogens with one attached hydrogen (secondary N) is 2. The first-order chi connectivity index (χ1) is 12.6. The van der Waals surface area contributed by atoms with Crippen LogP contribution >= 0.6 is 0 Å². The van der Waals surface area contributed by atoms with Crippen LogP contribution < -0.4 is 10.6 Å². The Labute approximate surface area is 152 Å². The summed E-state index contributed by atoms with van der Waals surface area (Å²) in [5, 5.41) is 15.6. The van der Waals surface area contributed by atoms with Crippen molar-refractivity contribution in [2.24, 2.45) is 0 Å². The molecule has 1 amide bonds. The van der Waals surface area contributed by atoms with Gasteiger partial charge in [0, 0.05) is 43.0 Å². The number of nitrogens with zero attached hydrogens (tertiary/aromatic N) is 4. The Hall–Kier alpha value is -2.67. The van der Waals surface area contributed by atoms with Crippen LogP contribution in [0.15, 0.2) is 42.9 Å². The number of carbonyl (C=O) groups is 1. The van der Waals surface area contributed by atoms with Gasteiger partial charge in [0.1, 0.15) is 0 Å². The van der Waals surface area contributed by atoms with Crippen LogP contribution in [0.25, 0.3) is 5.52 Å². The van der Waals surface area contributed by atoms with Gasteiger partial charge in [0.15, 0.2) is 0 Å². The summed E-state index contributed by atoms with van der Waals surface area (Å²) < 4.78 is 3.87. The maximum Gasteiger partial charge on any atom is 0.220 e. The van der Waals surface area contributed by atoms with E-state index in [0.717, 1.165) is 23.2 Å². The van der Waals surface area contributed by atoms with Crippen LogP contribution in [-0.2, 0) is 11.3 Å². The monoisotopic (exact) mass is 352 g/mol. The van der Waals surface area contributed by atoms with E-state index < -0.39 is 0 Å². The molecular weight excluding hydrogens is 328 g/mol. The molecule has 4 rings (SSSR count). The molecule has 1 aliphatic rings. The first-order valence-electron chi connectivity index (χ1n) is 9.11. The molecule has 3 aromatic heterocycles. The van der Waals surface area contributed by atoms with Gasteiger partial charge in [-0.1, -0.05) is 6.07 Å². The number of hydrogen-bond acceptors (Lipinski definition) is 4. The smallest absolute Gasteiger partial charge is 0.220 e. The second-order valence-corrected chi connectivity index (χ2v) is 7.07. The van der Waals surface area contributed by atoms with E-state index >= 15 is 0 Å². The molecule has 26 heavy (non-hydrogen) atoms. The molecule has 0 bridgehead atoms. The van der Waals surface area contributed by atoms with Crippen molar-refractivity contribution in [2.45, 2.75) is 51.4 Å². The van der Waals surface area contributed by atoms with Crippen LogP contribution in [0.1, 0.15) is 50.0 Å². The highest BCUT2D eigenvalue weighted by molar-refractivity contribution is 5.77. The fraction of sp³-hybridized carbons (Fsp3) is 0.421. The maximum atomic E-state index is 12.0. The summed E-state index contributed by atoms with van der Waals surface area (Å²) in [5.41, 5.74) is 3.30. The van der Waals surface area contributed by atoms with Gasteiger partial charge in [0.25, 0.3) is 0 Å². The third-order valence-corrected chi connectivity index (χ3v) is 4.97. The average Bonchev–Trinajstić information content (AvgIpc) is 3.28. The van der Waals surface area contributed by atoms with Gasteiger partial charge in [-0.3, -0.25) is 9.48 Å². The molecule has 7 nitrogen and oxygen atoms in total. The Kier molecular flexibility index (Phi) is 4.46. The van der Waals surface area contributed by atoms with E-state index in [-0.39, 0.29) is 24.0 Å². The first-order valence-corrected chi connectivity index (χ1v) is 9.11. The number of hydrogen-bond donors (Lipinski definition) is 2. The van der Waals surface area contributed by atoms with Crippen LogP contribution in [0.2, 0.25) is 0 Å². The van der Waals surface area contributed by atoms with Gasteiger partial charge in [-0.15, -0.1) is 0 Å². The van der Waals surface area contributed by atoms with E-state index in [0.29, 0.717) is 13.0 Å².